The normalized spacial score (nSPS) is 9.09. The lowest BCUT2D eigenvalue weighted by Crippen LogP contribution is -2.22. The Balaban J connectivity index is 0. The van der Waals surface area contributed by atoms with E-state index in [0.717, 1.165) is 0 Å². The van der Waals surface area contributed by atoms with Gasteiger partial charge in [0.15, 0.2) is 17.4 Å². The summed E-state index contributed by atoms with van der Waals surface area (Å²) in [6.45, 7) is 10.1. The number of carboxylic acid groups (broad SMARTS) is 1. The number of hydrogen-bond acceptors (Lipinski definition) is 1. The topological polar surface area (TPSA) is 37.3 Å². The first kappa shape index (κ1) is 12.9. The third-order valence-electron chi connectivity index (χ3n) is 1.38. The van der Waals surface area contributed by atoms with Gasteiger partial charge in [0, 0.05) is 0 Å². The Hall–Kier alpha value is -0.778. The van der Waals surface area contributed by atoms with E-state index in [1.165, 1.54) is 18.2 Å². The Labute approximate surface area is 77.1 Å². The molecule has 0 aromatic heterocycles. The number of aliphatic carboxylic acids is 1. The number of carboxylic acids is 1. The average Bonchev–Trinajstić information content (AvgIpc) is 1.92. The zero-order valence-corrected chi connectivity index (χ0v) is 5.71. The Bertz CT molecular complexity index is 163. The Kier molecular flexibility index (Phi) is 5.79. The maximum absolute atomic E-state index is 10.5. The first-order valence-electron chi connectivity index (χ1n) is 2.77. The van der Waals surface area contributed by atoms with Crippen LogP contribution < -0.4 is 0 Å². The third-order valence-corrected chi connectivity index (χ3v) is 1.38. The molecule has 0 aliphatic carbocycles. The van der Waals surface area contributed by atoms with Crippen molar-refractivity contribution in [3.05, 3.63) is 38.0 Å². The van der Waals surface area contributed by atoms with Gasteiger partial charge in [-0.3, -0.25) is 4.79 Å². The zero-order valence-electron chi connectivity index (χ0n) is 5.71. The van der Waals surface area contributed by atoms with Gasteiger partial charge >= 0.3 is 5.97 Å². The maximum Gasteiger partial charge on any atom is 0.321 e. The fourth-order valence-corrected chi connectivity index (χ4v) is 0.512. The standard InChI is InChI=1S/C8H10O2.Al.3H/c1-4-8(5-2,6-3)7(9)10;;;;/h4-6H,1-3H2,(H,9,10);;;;. The number of hydrogen-bond donors (Lipinski definition) is 1. The highest BCUT2D eigenvalue weighted by atomic mass is 27.0. The predicted octanol–water partition coefficient (Wildman–Crippen LogP) is 0.431. The molecule has 0 amide bonds. The predicted molar refractivity (Wildman–Crippen MR) is 50.6 cm³/mol. The second kappa shape index (κ2) is 4.95. The van der Waals surface area contributed by atoms with Gasteiger partial charge in [0.05, 0.1) is 0 Å². The van der Waals surface area contributed by atoms with Crippen LogP contribution in [0.25, 0.3) is 0 Å². The lowest BCUT2D eigenvalue weighted by Gasteiger charge is -2.14. The molecule has 0 aliphatic rings. The maximum atomic E-state index is 10.5. The number of carbonyl (C=O) groups is 1. The van der Waals surface area contributed by atoms with Gasteiger partial charge in [0.25, 0.3) is 0 Å². The molecule has 0 unspecified atom stereocenters. The summed E-state index contributed by atoms with van der Waals surface area (Å²) in [5, 5.41) is 8.61. The van der Waals surface area contributed by atoms with Crippen molar-refractivity contribution in [1.82, 2.24) is 0 Å². The van der Waals surface area contributed by atoms with Crippen molar-refractivity contribution in [3.63, 3.8) is 0 Å². The van der Waals surface area contributed by atoms with Crippen LogP contribution in [0, 0.1) is 5.41 Å². The lowest BCUT2D eigenvalue weighted by molar-refractivity contribution is -0.141. The second-order valence-electron chi connectivity index (χ2n) is 1.85. The van der Waals surface area contributed by atoms with E-state index in [0.29, 0.717) is 0 Å². The minimum Gasteiger partial charge on any atom is -0.480 e. The zero-order chi connectivity index (χ0) is 8.20. The molecule has 0 rings (SSSR count). The van der Waals surface area contributed by atoms with E-state index >= 15 is 0 Å². The lowest BCUT2D eigenvalue weighted by atomic mass is 9.89. The van der Waals surface area contributed by atoms with Crippen LogP contribution in [-0.2, 0) is 4.79 Å². The fourth-order valence-electron chi connectivity index (χ4n) is 0.512. The van der Waals surface area contributed by atoms with E-state index in [4.69, 9.17) is 5.11 Å². The van der Waals surface area contributed by atoms with Crippen LogP contribution in [0.2, 0.25) is 0 Å². The second-order valence-corrected chi connectivity index (χ2v) is 1.85. The summed E-state index contributed by atoms with van der Waals surface area (Å²) in [4.78, 5) is 10.5. The van der Waals surface area contributed by atoms with E-state index < -0.39 is 11.4 Å². The molecule has 0 atom stereocenters. The Morgan fingerprint density at radius 3 is 1.45 bits per heavy atom. The molecule has 2 nitrogen and oxygen atoms in total. The minimum absolute atomic E-state index is 0. The summed E-state index contributed by atoms with van der Waals surface area (Å²) in [5.74, 6) is -1.01. The first-order valence-corrected chi connectivity index (χ1v) is 2.77. The molecular formula is C8H13AlO2. The van der Waals surface area contributed by atoms with Crippen molar-refractivity contribution in [2.24, 2.45) is 5.41 Å². The summed E-state index contributed by atoms with van der Waals surface area (Å²) < 4.78 is 0. The van der Waals surface area contributed by atoms with E-state index in [9.17, 15) is 4.79 Å². The molecule has 1 N–H and O–H groups in total. The van der Waals surface area contributed by atoms with Gasteiger partial charge in [-0.25, -0.2) is 0 Å². The van der Waals surface area contributed by atoms with Crippen molar-refractivity contribution >= 4 is 23.3 Å². The van der Waals surface area contributed by atoms with Gasteiger partial charge in [-0.2, -0.15) is 0 Å². The highest BCUT2D eigenvalue weighted by Crippen LogP contribution is 2.21. The molecule has 0 aromatic carbocycles. The molecule has 11 heavy (non-hydrogen) atoms. The van der Waals surface area contributed by atoms with Gasteiger partial charge in [0.2, 0.25) is 0 Å². The van der Waals surface area contributed by atoms with Crippen LogP contribution in [0.4, 0.5) is 0 Å². The van der Waals surface area contributed by atoms with Crippen LogP contribution in [0.3, 0.4) is 0 Å². The van der Waals surface area contributed by atoms with Crippen LogP contribution >= 0.6 is 0 Å². The number of rotatable bonds is 4. The summed E-state index contributed by atoms with van der Waals surface area (Å²) >= 11 is 0. The summed E-state index contributed by atoms with van der Waals surface area (Å²) in [6.07, 6.45) is 3.86. The Morgan fingerprint density at radius 2 is 1.45 bits per heavy atom. The van der Waals surface area contributed by atoms with Gasteiger partial charge in [-0.1, -0.05) is 18.2 Å². The van der Waals surface area contributed by atoms with Gasteiger partial charge < -0.3 is 5.11 Å². The molecule has 0 aliphatic heterocycles. The molecule has 0 saturated carbocycles. The summed E-state index contributed by atoms with van der Waals surface area (Å²) in [5.41, 5.74) is -1.17. The van der Waals surface area contributed by atoms with E-state index in [1.54, 1.807) is 0 Å². The largest absolute Gasteiger partial charge is 0.480 e. The van der Waals surface area contributed by atoms with Gasteiger partial charge in [-0.15, -0.1) is 19.7 Å². The van der Waals surface area contributed by atoms with Crippen molar-refractivity contribution in [1.29, 1.82) is 0 Å². The molecule has 0 spiro atoms. The van der Waals surface area contributed by atoms with Crippen LogP contribution in [0.1, 0.15) is 0 Å². The molecule has 60 valence electrons. The van der Waals surface area contributed by atoms with E-state index in [1.807, 2.05) is 0 Å². The molecule has 0 heterocycles. The highest BCUT2D eigenvalue weighted by Gasteiger charge is 2.27. The summed E-state index contributed by atoms with van der Waals surface area (Å²) in [7, 11) is 0. The SMILES string of the molecule is C=CC(C=C)(C=C)C(=O)O.[AlH3]. The quantitative estimate of drug-likeness (QED) is 0.488. The molecule has 0 saturated heterocycles. The fraction of sp³-hybridized carbons (Fsp3) is 0.125. The molecule has 0 fully saturated rings. The van der Waals surface area contributed by atoms with Gasteiger partial charge in [0.1, 0.15) is 5.41 Å². The van der Waals surface area contributed by atoms with E-state index in [-0.39, 0.29) is 17.4 Å². The third kappa shape index (κ3) is 2.38. The summed E-state index contributed by atoms with van der Waals surface area (Å²) in [6, 6.07) is 0. The van der Waals surface area contributed by atoms with Crippen LogP contribution in [0.15, 0.2) is 38.0 Å². The van der Waals surface area contributed by atoms with Crippen LogP contribution in [-0.4, -0.2) is 28.4 Å². The van der Waals surface area contributed by atoms with Crippen molar-refractivity contribution in [3.8, 4) is 0 Å². The monoisotopic (exact) mass is 168 g/mol. The van der Waals surface area contributed by atoms with Gasteiger partial charge in [-0.05, 0) is 0 Å². The first-order chi connectivity index (χ1) is 4.63. The van der Waals surface area contributed by atoms with Crippen molar-refractivity contribution in [2.45, 2.75) is 0 Å². The average molecular weight is 168 g/mol. The smallest absolute Gasteiger partial charge is 0.321 e. The minimum atomic E-state index is -1.17. The molecular weight excluding hydrogens is 155 g/mol. The molecule has 0 bridgehead atoms. The van der Waals surface area contributed by atoms with Crippen molar-refractivity contribution in [2.75, 3.05) is 0 Å². The van der Waals surface area contributed by atoms with E-state index in [2.05, 4.69) is 19.7 Å². The van der Waals surface area contributed by atoms with Crippen molar-refractivity contribution < 1.29 is 9.90 Å². The molecule has 0 aromatic rings. The Morgan fingerprint density at radius 1 is 1.18 bits per heavy atom. The van der Waals surface area contributed by atoms with Crippen LogP contribution in [0.5, 0.6) is 0 Å². The molecule has 0 radical (unpaired) electrons. The highest BCUT2D eigenvalue weighted by molar-refractivity contribution is 5.81. The molecule has 3 heteroatoms.